The van der Waals surface area contributed by atoms with Crippen LogP contribution >= 0.6 is 15.9 Å². The van der Waals surface area contributed by atoms with Crippen LogP contribution in [-0.4, -0.2) is 26.2 Å². The predicted octanol–water partition coefficient (Wildman–Crippen LogP) is 2.70. The minimum atomic E-state index is 0.709. The van der Waals surface area contributed by atoms with Crippen LogP contribution in [0.4, 0.5) is 0 Å². The van der Waals surface area contributed by atoms with Crippen LogP contribution in [0.25, 0.3) is 0 Å². The van der Waals surface area contributed by atoms with E-state index in [0.717, 1.165) is 29.9 Å². The molecule has 0 atom stereocenters. The molecule has 0 unspecified atom stereocenters. The number of ether oxygens (including phenoxy) is 1. The lowest BCUT2D eigenvalue weighted by molar-refractivity contribution is -0.888. The van der Waals surface area contributed by atoms with Crippen LogP contribution in [0.2, 0.25) is 0 Å². The number of nitrogens with one attached hydrogen (secondary N) is 1. The Morgan fingerprint density at radius 2 is 1.68 bits per heavy atom. The summed E-state index contributed by atoms with van der Waals surface area (Å²) in [6.45, 7) is 15.3. The van der Waals surface area contributed by atoms with Gasteiger partial charge in [0.05, 0.1) is 13.1 Å². The van der Waals surface area contributed by atoms with Gasteiger partial charge in [0, 0.05) is 4.47 Å². The molecular formula is C16H23BrNO+. The first-order chi connectivity index (χ1) is 9.08. The van der Waals surface area contributed by atoms with Crippen molar-refractivity contribution in [3.8, 4) is 5.75 Å². The number of hydrogen-bond donors (Lipinski definition) is 1. The first-order valence-electron chi connectivity index (χ1n) is 6.53. The normalized spacial score (nSPS) is 10.5. The van der Waals surface area contributed by atoms with Gasteiger partial charge in [-0.25, -0.2) is 0 Å². The SMILES string of the molecule is C=CC[NH+](CC=C)CCOc1c(C)cc(Br)cc1C. The Hall–Kier alpha value is -1.06. The summed E-state index contributed by atoms with van der Waals surface area (Å²) in [7, 11) is 0. The molecule has 1 rings (SSSR count). The second kappa shape index (κ2) is 8.18. The minimum absolute atomic E-state index is 0.709. The highest BCUT2D eigenvalue weighted by atomic mass is 79.9. The third-order valence-corrected chi connectivity index (χ3v) is 3.45. The van der Waals surface area contributed by atoms with Crippen molar-refractivity contribution in [2.45, 2.75) is 13.8 Å². The fourth-order valence-corrected chi connectivity index (χ4v) is 2.80. The van der Waals surface area contributed by atoms with Gasteiger partial charge in [0.15, 0.2) is 0 Å². The van der Waals surface area contributed by atoms with Gasteiger partial charge in [-0.15, -0.1) is 0 Å². The lowest BCUT2D eigenvalue weighted by Crippen LogP contribution is -3.12. The van der Waals surface area contributed by atoms with Crippen LogP contribution in [0.5, 0.6) is 5.75 Å². The maximum Gasteiger partial charge on any atom is 0.137 e. The van der Waals surface area contributed by atoms with Gasteiger partial charge in [0.1, 0.15) is 18.9 Å². The van der Waals surface area contributed by atoms with Crippen molar-refractivity contribution in [3.05, 3.63) is 53.0 Å². The number of quaternary nitrogens is 1. The summed E-state index contributed by atoms with van der Waals surface area (Å²) in [5.41, 5.74) is 2.33. The topological polar surface area (TPSA) is 13.7 Å². The van der Waals surface area contributed by atoms with E-state index in [-0.39, 0.29) is 0 Å². The molecule has 0 aliphatic carbocycles. The van der Waals surface area contributed by atoms with E-state index in [4.69, 9.17) is 4.74 Å². The van der Waals surface area contributed by atoms with Crippen molar-refractivity contribution >= 4 is 15.9 Å². The molecule has 0 fully saturated rings. The van der Waals surface area contributed by atoms with Gasteiger partial charge in [0.2, 0.25) is 0 Å². The van der Waals surface area contributed by atoms with Crippen molar-refractivity contribution in [1.82, 2.24) is 0 Å². The molecule has 0 bridgehead atoms. The van der Waals surface area contributed by atoms with E-state index in [2.05, 4.69) is 55.1 Å². The van der Waals surface area contributed by atoms with Crippen LogP contribution < -0.4 is 9.64 Å². The Kier molecular flexibility index (Phi) is 6.89. The van der Waals surface area contributed by atoms with Crippen LogP contribution in [0.3, 0.4) is 0 Å². The van der Waals surface area contributed by atoms with Gasteiger partial charge in [-0.1, -0.05) is 29.1 Å². The summed E-state index contributed by atoms with van der Waals surface area (Å²) in [5.74, 6) is 1.000. The zero-order chi connectivity index (χ0) is 14.3. The summed E-state index contributed by atoms with van der Waals surface area (Å²) >= 11 is 3.50. The molecule has 1 N–H and O–H groups in total. The Morgan fingerprint density at radius 3 is 2.16 bits per heavy atom. The predicted molar refractivity (Wildman–Crippen MR) is 85.1 cm³/mol. The van der Waals surface area contributed by atoms with Gasteiger partial charge >= 0.3 is 0 Å². The van der Waals surface area contributed by atoms with Crippen LogP contribution in [0, 0.1) is 13.8 Å². The smallest absolute Gasteiger partial charge is 0.137 e. The molecule has 0 heterocycles. The Balaban J connectivity index is 2.57. The van der Waals surface area contributed by atoms with Crippen LogP contribution in [0.15, 0.2) is 41.9 Å². The molecule has 0 saturated carbocycles. The summed E-state index contributed by atoms with van der Waals surface area (Å²) in [6.07, 6.45) is 3.88. The highest BCUT2D eigenvalue weighted by Crippen LogP contribution is 2.26. The fraction of sp³-hybridized carbons (Fsp3) is 0.375. The van der Waals surface area contributed by atoms with Crippen molar-refractivity contribution in [3.63, 3.8) is 0 Å². The summed E-state index contributed by atoms with van der Waals surface area (Å²) in [4.78, 5) is 1.41. The van der Waals surface area contributed by atoms with E-state index in [9.17, 15) is 0 Å². The number of benzene rings is 1. The van der Waals surface area contributed by atoms with Crippen LogP contribution in [-0.2, 0) is 0 Å². The van der Waals surface area contributed by atoms with E-state index in [1.165, 1.54) is 16.0 Å². The maximum atomic E-state index is 5.94. The zero-order valence-electron chi connectivity index (χ0n) is 11.8. The number of hydrogen-bond acceptors (Lipinski definition) is 1. The summed E-state index contributed by atoms with van der Waals surface area (Å²) in [5, 5.41) is 0. The molecule has 1 aromatic carbocycles. The molecular weight excluding hydrogens is 302 g/mol. The van der Waals surface area contributed by atoms with Gasteiger partial charge in [0.25, 0.3) is 0 Å². The fourth-order valence-electron chi connectivity index (χ4n) is 2.12. The average molecular weight is 325 g/mol. The summed E-state index contributed by atoms with van der Waals surface area (Å²) in [6, 6.07) is 4.17. The third kappa shape index (κ3) is 5.21. The van der Waals surface area contributed by atoms with Gasteiger partial charge in [-0.3, -0.25) is 0 Å². The lowest BCUT2D eigenvalue weighted by Gasteiger charge is -2.18. The largest absolute Gasteiger partial charge is 0.487 e. The van der Waals surface area contributed by atoms with Crippen molar-refractivity contribution < 1.29 is 9.64 Å². The van der Waals surface area contributed by atoms with Gasteiger partial charge in [-0.05, 0) is 49.3 Å². The van der Waals surface area contributed by atoms with E-state index >= 15 is 0 Å². The van der Waals surface area contributed by atoms with Crippen molar-refractivity contribution in [2.75, 3.05) is 26.2 Å². The van der Waals surface area contributed by atoms with E-state index in [1.54, 1.807) is 0 Å². The van der Waals surface area contributed by atoms with Gasteiger partial charge in [-0.2, -0.15) is 0 Å². The Morgan fingerprint density at radius 1 is 1.16 bits per heavy atom. The van der Waals surface area contributed by atoms with Crippen molar-refractivity contribution in [2.24, 2.45) is 0 Å². The lowest BCUT2D eigenvalue weighted by atomic mass is 10.1. The zero-order valence-corrected chi connectivity index (χ0v) is 13.4. The third-order valence-electron chi connectivity index (χ3n) is 2.99. The minimum Gasteiger partial charge on any atom is -0.487 e. The molecule has 3 heteroatoms. The summed E-state index contributed by atoms with van der Waals surface area (Å²) < 4.78 is 7.03. The number of aryl methyl sites for hydroxylation is 2. The molecule has 19 heavy (non-hydrogen) atoms. The maximum absolute atomic E-state index is 5.94. The second-order valence-corrected chi connectivity index (χ2v) is 5.62. The monoisotopic (exact) mass is 324 g/mol. The first-order valence-corrected chi connectivity index (χ1v) is 7.32. The molecule has 2 nitrogen and oxygen atoms in total. The molecule has 104 valence electrons. The molecule has 0 aromatic heterocycles. The standard InChI is InChI=1S/C16H22BrNO/c1-5-7-18(8-6-2)9-10-19-16-13(3)11-15(17)12-14(16)4/h5-6,11-12H,1-2,7-10H2,3-4H3/p+1. The Bertz CT molecular complexity index is 409. The molecule has 0 aliphatic heterocycles. The number of rotatable bonds is 8. The number of halogens is 1. The highest BCUT2D eigenvalue weighted by Gasteiger charge is 2.08. The molecule has 0 spiro atoms. The molecule has 1 aromatic rings. The molecule has 0 radical (unpaired) electrons. The van der Waals surface area contributed by atoms with E-state index < -0.39 is 0 Å². The van der Waals surface area contributed by atoms with E-state index in [1.807, 2.05) is 12.2 Å². The van der Waals surface area contributed by atoms with Crippen LogP contribution in [0.1, 0.15) is 11.1 Å². The van der Waals surface area contributed by atoms with Crippen molar-refractivity contribution in [1.29, 1.82) is 0 Å². The molecule has 0 amide bonds. The average Bonchev–Trinajstić information content (AvgIpc) is 2.32. The van der Waals surface area contributed by atoms with E-state index in [0.29, 0.717) is 6.61 Å². The highest BCUT2D eigenvalue weighted by molar-refractivity contribution is 9.10. The molecule has 0 aliphatic rings. The first kappa shape index (κ1) is 16.0. The Labute approximate surface area is 124 Å². The van der Waals surface area contributed by atoms with Gasteiger partial charge < -0.3 is 9.64 Å². The molecule has 0 saturated heterocycles. The quantitative estimate of drug-likeness (QED) is 0.726. The second-order valence-electron chi connectivity index (χ2n) is 4.70.